The van der Waals surface area contributed by atoms with Crippen LogP contribution in [0.5, 0.6) is 0 Å². The van der Waals surface area contributed by atoms with Crippen molar-refractivity contribution < 1.29 is 9.18 Å². The molecule has 2 aromatic carbocycles. The fourth-order valence-corrected chi connectivity index (χ4v) is 3.13. The standard InChI is InChI=1S/C20H23FN2O/c21-18-9-7-16(8-10-18)11-13-22-14-12-20(24)23-15-3-5-17-4-1-2-6-19(17)23/h1-2,4,6-10,22H,3,5,11-15H2. The van der Waals surface area contributed by atoms with Crippen molar-refractivity contribution in [2.24, 2.45) is 0 Å². The number of para-hydroxylation sites is 1. The fraction of sp³-hybridized carbons (Fsp3) is 0.350. The molecule has 2 aromatic rings. The number of hydrogen-bond acceptors (Lipinski definition) is 2. The number of nitrogens with one attached hydrogen (secondary N) is 1. The molecule has 0 saturated carbocycles. The SMILES string of the molecule is O=C(CCNCCc1ccc(F)cc1)N1CCCc2ccccc21. The van der Waals surface area contributed by atoms with E-state index in [-0.39, 0.29) is 11.7 Å². The average Bonchev–Trinajstić information content (AvgIpc) is 2.62. The third kappa shape index (κ3) is 4.20. The minimum Gasteiger partial charge on any atom is -0.316 e. The number of amides is 1. The van der Waals surface area contributed by atoms with Crippen LogP contribution in [0.2, 0.25) is 0 Å². The van der Waals surface area contributed by atoms with Gasteiger partial charge in [-0.2, -0.15) is 0 Å². The van der Waals surface area contributed by atoms with Crippen LogP contribution in [0, 0.1) is 5.82 Å². The molecule has 0 saturated heterocycles. The van der Waals surface area contributed by atoms with E-state index >= 15 is 0 Å². The number of nitrogens with zero attached hydrogens (tertiary/aromatic N) is 1. The first-order valence-electron chi connectivity index (χ1n) is 8.57. The van der Waals surface area contributed by atoms with Crippen molar-refractivity contribution in [1.82, 2.24) is 5.32 Å². The van der Waals surface area contributed by atoms with Crippen molar-refractivity contribution >= 4 is 11.6 Å². The van der Waals surface area contributed by atoms with Gasteiger partial charge >= 0.3 is 0 Å². The smallest absolute Gasteiger partial charge is 0.228 e. The normalized spacial score (nSPS) is 13.6. The van der Waals surface area contributed by atoms with E-state index in [1.54, 1.807) is 12.1 Å². The van der Waals surface area contributed by atoms with Gasteiger partial charge < -0.3 is 10.2 Å². The molecule has 24 heavy (non-hydrogen) atoms. The molecule has 0 aromatic heterocycles. The maximum atomic E-state index is 12.8. The highest BCUT2D eigenvalue weighted by Crippen LogP contribution is 2.26. The minimum atomic E-state index is -0.209. The van der Waals surface area contributed by atoms with Crippen LogP contribution in [0.1, 0.15) is 24.0 Å². The van der Waals surface area contributed by atoms with Gasteiger partial charge in [0.05, 0.1) is 0 Å². The Morgan fingerprint density at radius 1 is 1.08 bits per heavy atom. The molecule has 0 aliphatic carbocycles. The number of fused-ring (bicyclic) bond motifs is 1. The summed E-state index contributed by atoms with van der Waals surface area (Å²) in [6.45, 7) is 2.26. The summed E-state index contributed by atoms with van der Waals surface area (Å²) in [6, 6.07) is 14.7. The van der Waals surface area contributed by atoms with Crippen molar-refractivity contribution in [2.45, 2.75) is 25.7 Å². The number of benzene rings is 2. The van der Waals surface area contributed by atoms with Crippen LogP contribution >= 0.6 is 0 Å². The van der Waals surface area contributed by atoms with Gasteiger partial charge in [-0.3, -0.25) is 4.79 Å². The number of aryl methyl sites for hydroxylation is 1. The lowest BCUT2D eigenvalue weighted by atomic mass is 10.0. The molecule has 1 aliphatic rings. The lowest BCUT2D eigenvalue weighted by Gasteiger charge is -2.29. The first kappa shape index (κ1) is 16.7. The van der Waals surface area contributed by atoms with Gasteiger partial charge in [-0.1, -0.05) is 30.3 Å². The third-order valence-electron chi connectivity index (χ3n) is 4.43. The molecule has 1 aliphatic heterocycles. The number of halogens is 1. The summed E-state index contributed by atoms with van der Waals surface area (Å²) in [7, 11) is 0. The van der Waals surface area contributed by atoms with Crippen molar-refractivity contribution in [3.63, 3.8) is 0 Å². The number of carbonyl (C=O) groups excluding carboxylic acids is 1. The van der Waals surface area contributed by atoms with Gasteiger partial charge in [0, 0.05) is 25.2 Å². The minimum absolute atomic E-state index is 0.177. The molecule has 4 heteroatoms. The zero-order valence-corrected chi connectivity index (χ0v) is 13.8. The van der Waals surface area contributed by atoms with Crippen molar-refractivity contribution in [1.29, 1.82) is 0 Å². The number of rotatable bonds is 6. The first-order chi connectivity index (χ1) is 11.7. The van der Waals surface area contributed by atoms with Crippen LogP contribution in [0.3, 0.4) is 0 Å². The summed E-state index contributed by atoms with van der Waals surface area (Å²) < 4.78 is 12.8. The largest absolute Gasteiger partial charge is 0.316 e. The van der Waals surface area contributed by atoms with Crippen LogP contribution in [0.4, 0.5) is 10.1 Å². The number of hydrogen-bond donors (Lipinski definition) is 1. The lowest BCUT2D eigenvalue weighted by Crippen LogP contribution is -2.37. The zero-order valence-electron chi connectivity index (χ0n) is 13.8. The van der Waals surface area contributed by atoms with E-state index in [4.69, 9.17) is 0 Å². The molecular weight excluding hydrogens is 303 g/mol. The van der Waals surface area contributed by atoms with E-state index in [1.165, 1.54) is 17.7 Å². The van der Waals surface area contributed by atoms with Crippen molar-refractivity contribution in [2.75, 3.05) is 24.5 Å². The van der Waals surface area contributed by atoms with E-state index in [1.807, 2.05) is 23.1 Å². The topological polar surface area (TPSA) is 32.3 Å². The molecule has 0 atom stereocenters. The van der Waals surface area contributed by atoms with Crippen molar-refractivity contribution in [3.05, 3.63) is 65.5 Å². The highest BCUT2D eigenvalue weighted by Gasteiger charge is 2.21. The van der Waals surface area contributed by atoms with Gasteiger partial charge in [0.2, 0.25) is 5.91 Å². The van der Waals surface area contributed by atoms with E-state index in [9.17, 15) is 9.18 Å². The monoisotopic (exact) mass is 326 g/mol. The maximum Gasteiger partial charge on any atom is 0.228 e. The van der Waals surface area contributed by atoms with E-state index in [0.717, 1.165) is 43.6 Å². The lowest BCUT2D eigenvalue weighted by molar-refractivity contribution is -0.118. The molecule has 126 valence electrons. The molecule has 0 spiro atoms. The predicted octanol–water partition coefficient (Wildman–Crippen LogP) is 3.33. The Morgan fingerprint density at radius 2 is 1.88 bits per heavy atom. The van der Waals surface area contributed by atoms with Gasteiger partial charge in [0.25, 0.3) is 0 Å². The van der Waals surface area contributed by atoms with E-state index < -0.39 is 0 Å². The summed E-state index contributed by atoms with van der Waals surface area (Å²) in [4.78, 5) is 14.4. The van der Waals surface area contributed by atoms with Crippen LogP contribution in [-0.4, -0.2) is 25.5 Å². The summed E-state index contributed by atoms with van der Waals surface area (Å²) in [6.07, 6.45) is 3.41. The second-order valence-electron chi connectivity index (χ2n) is 6.15. The summed E-state index contributed by atoms with van der Waals surface area (Å²) in [5, 5.41) is 3.30. The van der Waals surface area contributed by atoms with Gasteiger partial charge in [-0.25, -0.2) is 4.39 Å². The Bertz CT molecular complexity index is 684. The average molecular weight is 326 g/mol. The Kier molecular flexibility index (Phi) is 5.59. The Morgan fingerprint density at radius 3 is 2.71 bits per heavy atom. The Balaban J connectivity index is 1.42. The quantitative estimate of drug-likeness (QED) is 0.826. The summed E-state index contributed by atoms with van der Waals surface area (Å²) in [5.74, 6) is -0.0319. The molecule has 1 amide bonds. The molecule has 0 bridgehead atoms. The second kappa shape index (κ2) is 8.06. The van der Waals surface area contributed by atoms with Crippen LogP contribution in [-0.2, 0) is 17.6 Å². The van der Waals surface area contributed by atoms with Crippen LogP contribution in [0.15, 0.2) is 48.5 Å². The molecule has 3 nitrogen and oxygen atoms in total. The van der Waals surface area contributed by atoms with E-state index in [2.05, 4.69) is 11.4 Å². The predicted molar refractivity (Wildman–Crippen MR) is 94.7 cm³/mol. The second-order valence-corrected chi connectivity index (χ2v) is 6.15. The maximum absolute atomic E-state index is 12.8. The van der Waals surface area contributed by atoms with Crippen LogP contribution in [0.25, 0.3) is 0 Å². The molecule has 1 heterocycles. The zero-order chi connectivity index (χ0) is 16.8. The van der Waals surface area contributed by atoms with Crippen LogP contribution < -0.4 is 10.2 Å². The van der Waals surface area contributed by atoms with E-state index in [0.29, 0.717) is 13.0 Å². The van der Waals surface area contributed by atoms with Gasteiger partial charge in [0.15, 0.2) is 0 Å². The summed E-state index contributed by atoms with van der Waals surface area (Å²) in [5.41, 5.74) is 3.43. The Labute approximate surface area is 142 Å². The van der Waals surface area contributed by atoms with Gasteiger partial charge in [0.1, 0.15) is 5.82 Å². The highest BCUT2D eigenvalue weighted by molar-refractivity contribution is 5.94. The first-order valence-corrected chi connectivity index (χ1v) is 8.57. The Hall–Kier alpha value is -2.20. The number of carbonyl (C=O) groups is 1. The molecule has 3 rings (SSSR count). The number of anilines is 1. The summed E-state index contributed by atoms with van der Waals surface area (Å²) >= 11 is 0. The molecule has 0 fully saturated rings. The highest BCUT2D eigenvalue weighted by atomic mass is 19.1. The van der Waals surface area contributed by atoms with Gasteiger partial charge in [-0.15, -0.1) is 0 Å². The molecule has 1 N–H and O–H groups in total. The molecule has 0 radical (unpaired) electrons. The fourth-order valence-electron chi connectivity index (χ4n) is 3.13. The molecular formula is C20H23FN2O. The van der Waals surface area contributed by atoms with Gasteiger partial charge in [-0.05, 0) is 55.1 Å². The molecule has 0 unspecified atom stereocenters. The van der Waals surface area contributed by atoms with Crippen molar-refractivity contribution in [3.8, 4) is 0 Å². The third-order valence-corrected chi connectivity index (χ3v) is 4.43.